The molecule has 17 nitrogen and oxygen atoms in total. The van der Waals surface area contributed by atoms with Gasteiger partial charge in [-0.3, -0.25) is 9.59 Å². The van der Waals surface area contributed by atoms with Gasteiger partial charge in [-0.25, -0.2) is 0 Å². The van der Waals surface area contributed by atoms with Crippen LogP contribution in [-0.2, 0) is 19.1 Å². The molecule has 3 aliphatic carbocycles. The highest BCUT2D eigenvalue weighted by molar-refractivity contribution is 5.73. The van der Waals surface area contributed by atoms with Gasteiger partial charge >= 0.3 is 11.9 Å². The summed E-state index contributed by atoms with van der Waals surface area (Å²) in [5.41, 5.74) is -5.37. The van der Waals surface area contributed by atoms with E-state index < -0.39 is 87.8 Å². The molecule has 0 aliphatic heterocycles. The van der Waals surface area contributed by atoms with Crippen molar-refractivity contribution in [1.82, 2.24) is 0 Å². The summed E-state index contributed by atoms with van der Waals surface area (Å²) < 4.78 is 12.0. The molecule has 0 aromatic carbocycles. The van der Waals surface area contributed by atoms with Crippen LogP contribution < -0.4 is 0 Å². The maximum Gasteiger partial charge on any atom is 0.308 e. The number of hydrogen-bond donors (Lipinski definition) is 13. The Kier molecular flexibility index (Phi) is 20.9. The molecule has 3 aliphatic rings. The lowest BCUT2D eigenvalue weighted by molar-refractivity contribution is -0.602. The molecule has 17 heteroatoms. The number of rotatable bonds is 33. The fourth-order valence-electron chi connectivity index (χ4n) is 10.7. The molecule has 64 heavy (non-hydrogen) atoms. The topological polar surface area (TPSA) is 316 Å². The fraction of sp³-hybridized carbons (Fsp3) is 0.957. The molecule has 3 fully saturated rings. The molecule has 0 heterocycles. The van der Waals surface area contributed by atoms with Gasteiger partial charge in [0.05, 0.1) is 30.5 Å². The molecule has 4 atom stereocenters. The monoisotopic (exact) mass is 923 g/mol. The molecule has 3 saturated carbocycles. The lowest BCUT2D eigenvalue weighted by atomic mass is 9.43. The second-order valence-corrected chi connectivity index (χ2v) is 19.8. The SMILES string of the molecule is CCCCCCCCC(CCC1(O)C(O)(O)C(O)(O)C1(O)O)C(=O)OCC(COC(=O)C(CCCCCCCC)CCC1(C2CCC2)C(O)(O)C(O)(O)C1(O)O)C(CCC)CCCC. The first-order chi connectivity index (χ1) is 29.9. The molecule has 0 spiro atoms. The Bertz CT molecular complexity index is 1390. The number of aliphatic hydroxyl groups is 13. The standard InChI is InChI=1S/C47H86O17/c1-5-9-12-14-16-18-23-34(27-29-40(37-25-20-26-37)42(51,52)46(59,60)43(40,53)54)38(48)63-31-36(33(21-8-4)22-11-7-3)32-64-39(49)35(24-19-17-15-13-10-6-2)28-30-41(50)44(55,56)47(61,62)45(41,57)58/h33-37,50-62H,5-32H2,1-4H3. The second kappa shape index (κ2) is 23.6. The van der Waals surface area contributed by atoms with Gasteiger partial charge in [-0.2, -0.15) is 0 Å². The first kappa shape index (κ1) is 56.7. The lowest BCUT2D eigenvalue weighted by Crippen LogP contribution is -2.95. The summed E-state index contributed by atoms with van der Waals surface area (Å²) in [6.45, 7) is 7.94. The molecule has 0 saturated heterocycles. The number of carbonyl (C=O) groups is 2. The van der Waals surface area contributed by atoms with Crippen molar-refractivity contribution in [2.24, 2.45) is 35.0 Å². The molecular formula is C47H86O17. The van der Waals surface area contributed by atoms with E-state index in [1.165, 1.54) is 0 Å². The Hall–Kier alpha value is -1.58. The highest BCUT2D eigenvalue weighted by Crippen LogP contribution is 2.69. The van der Waals surface area contributed by atoms with Crippen LogP contribution in [-0.4, -0.2) is 132 Å². The van der Waals surface area contributed by atoms with Gasteiger partial charge in [-0.15, -0.1) is 0 Å². The first-order valence-electron chi connectivity index (χ1n) is 24.6. The van der Waals surface area contributed by atoms with Crippen molar-refractivity contribution in [1.29, 1.82) is 0 Å². The van der Waals surface area contributed by atoms with E-state index >= 15 is 0 Å². The summed E-state index contributed by atoms with van der Waals surface area (Å²) in [5.74, 6) is -25.8. The van der Waals surface area contributed by atoms with Gasteiger partial charge in [0, 0.05) is 5.92 Å². The zero-order valence-electron chi connectivity index (χ0n) is 39.1. The van der Waals surface area contributed by atoms with Crippen molar-refractivity contribution in [3.8, 4) is 0 Å². The van der Waals surface area contributed by atoms with Crippen LogP contribution >= 0.6 is 0 Å². The molecule has 0 amide bonds. The second-order valence-electron chi connectivity index (χ2n) is 19.8. The minimum Gasteiger partial charge on any atom is -0.465 e. The largest absolute Gasteiger partial charge is 0.465 e. The quantitative estimate of drug-likeness (QED) is 0.0255. The third-order valence-electron chi connectivity index (χ3n) is 15.5. The third kappa shape index (κ3) is 11.0. The predicted molar refractivity (Wildman–Crippen MR) is 233 cm³/mol. The Morgan fingerprint density at radius 2 is 0.844 bits per heavy atom. The molecule has 0 radical (unpaired) electrons. The van der Waals surface area contributed by atoms with Gasteiger partial charge in [0.15, 0.2) is 5.60 Å². The van der Waals surface area contributed by atoms with Crippen molar-refractivity contribution in [3.63, 3.8) is 0 Å². The van der Waals surface area contributed by atoms with Crippen molar-refractivity contribution in [2.45, 2.75) is 235 Å². The lowest BCUT2D eigenvalue weighted by Gasteiger charge is -2.71. The van der Waals surface area contributed by atoms with Gasteiger partial charge in [-0.05, 0) is 69.6 Å². The summed E-state index contributed by atoms with van der Waals surface area (Å²) in [6, 6.07) is 0. The number of unbranched alkanes of at least 4 members (excludes halogenated alkanes) is 11. The molecular weight excluding hydrogens is 836 g/mol. The average Bonchev–Trinajstić information content (AvgIpc) is 3.21. The number of esters is 2. The minimum atomic E-state index is -3.88. The van der Waals surface area contributed by atoms with E-state index in [1.54, 1.807) is 0 Å². The van der Waals surface area contributed by atoms with Crippen molar-refractivity contribution < 1.29 is 85.4 Å². The summed E-state index contributed by atoms with van der Waals surface area (Å²) >= 11 is 0. The summed E-state index contributed by atoms with van der Waals surface area (Å²) in [6.07, 6.45) is 15.4. The molecule has 4 unspecified atom stereocenters. The van der Waals surface area contributed by atoms with Crippen LogP contribution in [0.1, 0.15) is 195 Å². The summed E-state index contributed by atoms with van der Waals surface area (Å²) in [5, 5.41) is 137. The van der Waals surface area contributed by atoms with E-state index in [0.717, 1.165) is 96.3 Å². The van der Waals surface area contributed by atoms with E-state index in [2.05, 4.69) is 13.8 Å². The molecule has 0 bridgehead atoms. The van der Waals surface area contributed by atoms with Crippen LogP contribution in [0, 0.1) is 35.0 Å². The van der Waals surface area contributed by atoms with E-state index in [9.17, 15) is 76.0 Å². The predicted octanol–water partition coefficient (Wildman–Crippen LogP) is 3.22. The van der Waals surface area contributed by atoms with E-state index in [-0.39, 0.29) is 44.8 Å². The number of carbonyl (C=O) groups excluding carboxylic acids is 2. The number of ether oxygens (including phenoxy) is 2. The summed E-state index contributed by atoms with van der Waals surface area (Å²) in [4.78, 5) is 28.0. The van der Waals surface area contributed by atoms with Gasteiger partial charge < -0.3 is 75.9 Å². The molecule has 13 N–H and O–H groups in total. The summed E-state index contributed by atoms with van der Waals surface area (Å²) in [7, 11) is 0. The molecule has 3 rings (SSSR count). The van der Waals surface area contributed by atoms with Gasteiger partial charge in [-0.1, -0.05) is 137 Å². The zero-order valence-corrected chi connectivity index (χ0v) is 39.1. The van der Waals surface area contributed by atoms with Crippen LogP contribution in [0.3, 0.4) is 0 Å². The van der Waals surface area contributed by atoms with Crippen molar-refractivity contribution in [3.05, 3.63) is 0 Å². The maximum atomic E-state index is 14.1. The third-order valence-corrected chi connectivity index (χ3v) is 15.5. The first-order valence-corrected chi connectivity index (χ1v) is 24.6. The molecule has 376 valence electrons. The molecule has 0 aromatic rings. The van der Waals surface area contributed by atoms with Crippen molar-refractivity contribution in [2.75, 3.05) is 13.2 Å². The van der Waals surface area contributed by atoms with E-state index in [4.69, 9.17) is 9.47 Å². The van der Waals surface area contributed by atoms with Gasteiger partial charge in [0.2, 0.25) is 11.6 Å². The normalized spacial score (nSPS) is 23.7. The van der Waals surface area contributed by atoms with Crippen LogP contribution in [0.5, 0.6) is 0 Å². The van der Waals surface area contributed by atoms with E-state index in [1.807, 2.05) is 13.8 Å². The van der Waals surface area contributed by atoms with Crippen LogP contribution in [0.4, 0.5) is 0 Å². The minimum absolute atomic E-state index is 0.0424. The van der Waals surface area contributed by atoms with Crippen LogP contribution in [0.25, 0.3) is 0 Å². The Morgan fingerprint density at radius 1 is 0.438 bits per heavy atom. The average molecular weight is 923 g/mol. The van der Waals surface area contributed by atoms with Gasteiger partial charge in [0.25, 0.3) is 23.1 Å². The Morgan fingerprint density at radius 3 is 1.25 bits per heavy atom. The molecule has 0 aromatic heterocycles. The Labute approximate surface area is 379 Å². The van der Waals surface area contributed by atoms with Crippen LogP contribution in [0.2, 0.25) is 0 Å². The highest BCUT2D eigenvalue weighted by atomic mass is 16.7. The highest BCUT2D eigenvalue weighted by Gasteiger charge is 2.91. The van der Waals surface area contributed by atoms with Gasteiger partial charge in [0.1, 0.15) is 0 Å². The van der Waals surface area contributed by atoms with Crippen LogP contribution in [0.15, 0.2) is 0 Å². The number of hydrogen-bond acceptors (Lipinski definition) is 17. The maximum absolute atomic E-state index is 14.1. The van der Waals surface area contributed by atoms with Crippen molar-refractivity contribution >= 4 is 11.9 Å². The Balaban J connectivity index is 1.83. The smallest absolute Gasteiger partial charge is 0.308 e. The van der Waals surface area contributed by atoms with E-state index in [0.29, 0.717) is 38.5 Å². The zero-order chi connectivity index (χ0) is 48.3. The fourth-order valence-corrected chi connectivity index (χ4v) is 10.7.